The zero-order chi connectivity index (χ0) is 2.00. The van der Waals surface area contributed by atoms with Gasteiger partial charge in [-0.2, -0.15) is 0 Å². The van der Waals surface area contributed by atoms with Crippen LogP contribution in [-0.4, -0.2) is 12.8 Å². The summed E-state index contributed by atoms with van der Waals surface area (Å²) in [7, 11) is 0. The Morgan fingerprint density at radius 3 is 1.25 bits per heavy atom. The molecule has 0 amide bonds. The van der Waals surface area contributed by atoms with Crippen LogP contribution < -0.4 is 0 Å². The molecule has 0 saturated carbocycles. The third-order valence-corrected chi connectivity index (χ3v) is 0. The van der Waals surface area contributed by atoms with Gasteiger partial charge in [-0.1, -0.05) is 0 Å². The molecule has 0 rings (SSSR count). The Morgan fingerprint density at radius 1 is 1.25 bits per heavy atom. The van der Waals surface area contributed by atoms with Crippen molar-refractivity contribution in [1.82, 2.24) is 0 Å². The van der Waals surface area contributed by atoms with Crippen LogP contribution in [0, 0.1) is 0 Å². The van der Waals surface area contributed by atoms with Crippen LogP contribution in [0.5, 0.6) is 0 Å². The van der Waals surface area contributed by atoms with E-state index in [0.717, 1.165) is 0 Å². The number of hydrogen-bond donors (Lipinski definition) is 0. The van der Waals surface area contributed by atoms with Crippen LogP contribution in [0.2, 0.25) is 0 Å². The van der Waals surface area contributed by atoms with Crippen LogP contribution in [0.3, 0.4) is 0 Å². The average Bonchev–Trinajstić information content (AvgIpc) is 1.00. The van der Waals surface area contributed by atoms with Crippen LogP contribution in [0.25, 0.3) is 0 Å². The van der Waals surface area contributed by atoms with Crippen molar-refractivity contribution in [2.24, 2.45) is 0 Å². The van der Waals surface area contributed by atoms with Gasteiger partial charge in [0.2, 0.25) is 0 Å². The summed E-state index contributed by atoms with van der Waals surface area (Å²) in [5, 5.41) is 0. The first-order valence-corrected chi connectivity index (χ1v) is 5.89. The van der Waals surface area contributed by atoms with Gasteiger partial charge in [0.1, 0.15) is 0 Å². The second-order valence-corrected chi connectivity index (χ2v) is 0. The molecule has 0 aliphatic heterocycles. The molecule has 4 heteroatoms. The van der Waals surface area contributed by atoms with Gasteiger partial charge in [-0.15, -0.1) is 0 Å². The fourth-order valence-corrected chi connectivity index (χ4v) is 0. The Kier molecular flexibility index (Phi) is 75.5. The summed E-state index contributed by atoms with van der Waals surface area (Å²) in [6, 6.07) is 0. The number of rotatable bonds is 0. The van der Waals surface area contributed by atoms with Gasteiger partial charge in [-0.05, 0) is 0 Å². The van der Waals surface area contributed by atoms with Gasteiger partial charge in [0.25, 0.3) is 0 Å². The molecule has 0 aromatic heterocycles. The van der Waals surface area contributed by atoms with Crippen molar-refractivity contribution in [1.29, 1.82) is 0 Å². The molecule has 0 fully saturated rings. The molecular weight excluding hydrogens is 325 g/mol. The van der Waals surface area contributed by atoms with Gasteiger partial charge in [-0.3, -0.25) is 0 Å². The van der Waals surface area contributed by atoms with Gasteiger partial charge in [-0.25, -0.2) is 0 Å². The third-order valence-electron chi connectivity index (χ3n) is 0. The Hall–Kier alpha value is 2.29. The molecule has 33 valence electrons. The van der Waals surface area contributed by atoms with Gasteiger partial charge in [0, 0.05) is 34.1 Å². The van der Waals surface area contributed by atoms with E-state index in [1.807, 2.05) is 0 Å². The van der Waals surface area contributed by atoms with Gasteiger partial charge in [0.05, 0.1) is 0 Å². The standard InChI is InChI=1S/Cu.Fe.HISe/c;;1-2/h;;2H. The number of halogens is 1. The van der Waals surface area contributed by atoms with Crippen LogP contribution in [0.4, 0.5) is 0 Å². The van der Waals surface area contributed by atoms with Crippen molar-refractivity contribution in [3.8, 4) is 0 Å². The van der Waals surface area contributed by atoms with Gasteiger partial charge in [0.15, 0.2) is 0 Å². The van der Waals surface area contributed by atoms with E-state index in [2.05, 4.69) is 33.1 Å². The first-order chi connectivity index (χ1) is 1.00. The summed E-state index contributed by atoms with van der Waals surface area (Å²) >= 11 is 4.37. The van der Waals surface area contributed by atoms with Gasteiger partial charge >= 0.3 is 33.1 Å². The van der Waals surface area contributed by atoms with E-state index >= 15 is 0 Å². The zero-order valence-corrected chi connectivity index (χ0v) is 7.56. The first-order valence-electron chi connectivity index (χ1n) is 0.169. The molecule has 0 saturated heterocycles. The fraction of sp³-hybridized carbons (Fsp3) is 0. The van der Waals surface area contributed by atoms with Gasteiger partial charge < -0.3 is 0 Å². The van der Waals surface area contributed by atoms with Crippen LogP contribution >= 0.6 is 20.3 Å². The summed E-state index contributed by atoms with van der Waals surface area (Å²) < 4.78 is 0. The van der Waals surface area contributed by atoms with Crippen LogP contribution in [0.1, 0.15) is 0 Å². The van der Waals surface area contributed by atoms with Crippen molar-refractivity contribution >= 4 is 33.1 Å². The van der Waals surface area contributed by atoms with E-state index < -0.39 is 0 Å². The Balaban J connectivity index is -0.00000000500. The fourth-order valence-electron chi connectivity index (χ4n) is 0. The molecule has 0 bridgehead atoms. The molecule has 0 aromatic rings. The average molecular weight is 326 g/mol. The summed E-state index contributed by atoms with van der Waals surface area (Å²) in [5.74, 6) is 0. The summed E-state index contributed by atoms with van der Waals surface area (Å²) in [4.78, 5) is 0. The molecule has 0 spiro atoms. The molecule has 0 aromatic carbocycles. The van der Waals surface area contributed by atoms with Crippen LogP contribution in [0.15, 0.2) is 0 Å². The Labute approximate surface area is 66.4 Å². The molecule has 1 radical (unpaired) electrons. The Morgan fingerprint density at radius 2 is 1.25 bits per heavy atom. The maximum absolute atomic E-state index is 2.28. The van der Waals surface area contributed by atoms with Crippen molar-refractivity contribution in [3.05, 3.63) is 0 Å². The van der Waals surface area contributed by atoms with E-state index in [1.165, 1.54) is 0 Å². The van der Waals surface area contributed by atoms with Crippen molar-refractivity contribution in [2.75, 3.05) is 0 Å². The van der Waals surface area contributed by atoms with Crippen LogP contribution in [-0.2, 0) is 34.1 Å². The predicted molar refractivity (Wildman–Crippen MR) is 21.2 cm³/mol. The van der Waals surface area contributed by atoms with E-state index in [1.54, 1.807) is 0 Å². The molecule has 0 unspecified atom stereocenters. The molecule has 0 aliphatic rings. The minimum atomic E-state index is 0. The molecular formula is HCuFeISe. The van der Waals surface area contributed by atoms with E-state index in [-0.39, 0.29) is 34.1 Å². The second kappa shape index (κ2) is 18.6. The number of hydrogen-bond acceptors (Lipinski definition) is 0. The van der Waals surface area contributed by atoms with E-state index in [0.29, 0.717) is 0 Å². The van der Waals surface area contributed by atoms with E-state index in [9.17, 15) is 0 Å². The van der Waals surface area contributed by atoms with Crippen molar-refractivity contribution in [2.45, 2.75) is 0 Å². The Bertz CT molecular complexity index is 8.00. The second-order valence-electron chi connectivity index (χ2n) is 0. The summed E-state index contributed by atoms with van der Waals surface area (Å²) in [6.07, 6.45) is 0. The SMILES string of the molecule is [Cu].[Fe].[SeH]I. The minimum absolute atomic E-state index is 0. The maximum atomic E-state index is 2.28. The summed E-state index contributed by atoms with van der Waals surface area (Å²) in [6.45, 7) is 0. The predicted octanol–water partition coefficient (Wildman–Crippen LogP) is 0.232. The van der Waals surface area contributed by atoms with Crippen molar-refractivity contribution < 1.29 is 34.1 Å². The zero-order valence-electron chi connectivity index (χ0n) is 1.48. The molecule has 0 nitrogen and oxygen atoms in total. The topological polar surface area (TPSA) is 0 Å². The van der Waals surface area contributed by atoms with Crippen molar-refractivity contribution in [3.63, 3.8) is 0 Å². The normalized spacial score (nSPS) is 1.50. The quantitative estimate of drug-likeness (QED) is 0.442. The summed E-state index contributed by atoms with van der Waals surface area (Å²) in [5.41, 5.74) is 0. The first kappa shape index (κ1) is 16.3. The molecule has 0 aliphatic carbocycles. The third kappa shape index (κ3) is 8.86. The molecule has 0 N–H and O–H groups in total. The molecule has 0 atom stereocenters. The molecule has 4 heavy (non-hydrogen) atoms. The molecule has 0 heterocycles. The monoisotopic (exact) mass is 327 g/mol. The van der Waals surface area contributed by atoms with E-state index in [4.69, 9.17) is 0 Å².